The minimum absolute atomic E-state index is 0.0251. The molecule has 0 fully saturated rings. The van der Waals surface area contributed by atoms with Crippen molar-refractivity contribution in [1.82, 2.24) is 4.90 Å². The fourth-order valence-electron chi connectivity index (χ4n) is 2.23. The number of nitrogens with zero attached hydrogens (tertiary/aromatic N) is 1. The number of amides is 1. The fourth-order valence-corrected chi connectivity index (χ4v) is 2.42. The van der Waals surface area contributed by atoms with Gasteiger partial charge >= 0.3 is 0 Å². The molecule has 0 aliphatic rings. The van der Waals surface area contributed by atoms with Gasteiger partial charge in [-0.15, -0.1) is 0 Å². The molecule has 24 heavy (non-hydrogen) atoms. The van der Waals surface area contributed by atoms with Crippen LogP contribution in [0, 0.1) is 0 Å². The third kappa shape index (κ3) is 4.98. The molecule has 2 aromatic carbocycles. The summed E-state index contributed by atoms with van der Waals surface area (Å²) in [6.45, 7) is 2.77. The quantitative estimate of drug-likeness (QED) is 0.837. The van der Waals surface area contributed by atoms with E-state index < -0.39 is 0 Å². The lowest BCUT2D eigenvalue weighted by Gasteiger charge is -2.23. The number of rotatable bonds is 7. The van der Waals surface area contributed by atoms with Gasteiger partial charge in [0.25, 0.3) is 0 Å². The third-order valence-corrected chi connectivity index (χ3v) is 4.37. The van der Waals surface area contributed by atoms with Crippen LogP contribution >= 0.6 is 11.6 Å². The Morgan fingerprint density at radius 1 is 1.25 bits per heavy atom. The molecular weight excluding hydrogens is 324 g/mol. The third-order valence-electron chi connectivity index (χ3n) is 4.00. The number of hydrogen-bond donors (Lipinski definition) is 1. The summed E-state index contributed by atoms with van der Waals surface area (Å²) in [5.74, 6) is 0.756. The predicted octanol–water partition coefficient (Wildman–Crippen LogP) is 3.27. The van der Waals surface area contributed by atoms with Crippen molar-refractivity contribution in [2.24, 2.45) is 5.73 Å². The van der Waals surface area contributed by atoms with Crippen molar-refractivity contribution in [2.45, 2.75) is 26.0 Å². The number of hydrogen-bond acceptors (Lipinski definition) is 3. The maximum Gasteiger partial charge on any atom is 0.227 e. The van der Waals surface area contributed by atoms with Gasteiger partial charge in [-0.25, -0.2) is 0 Å². The van der Waals surface area contributed by atoms with Crippen LogP contribution in [0.3, 0.4) is 0 Å². The van der Waals surface area contributed by atoms with Crippen molar-refractivity contribution in [3.05, 3.63) is 64.7 Å². The molecule has 4 nitrogen and oxygen atoms in total. The monoisotopic (exact) mass is 346 g/mol. The summed E-state index contributed by atoms with van der Waals surface area (Å²) >= 11 is 6.13. The lowest BCUT2D eigenvalue weighted by atomic mass is 10.1. The summed E-state index contributed by atoms with van der Waals surface area (Å²) in [6, 6.07) is 15.2. The molecule has 1 atom stereocenters. The lowest BCUT2D eigenvalue weighted by Crippen LogP contribution is -2.40. The topological polar surface area (TPSA) is 55.6 Å². The van der Waals surface area contributed by atoms with Gasteiger partial charge in [0, 0.05) is 30.2 Å². The molecule has 0 aliphatic heterocycles. The molecule has 2 aromatic rings. The second-order valence-electron chi connectivity index (χ2n) is 5.79. The molecule has 0 heterocycles. The first-order valence-electron chi connectivity index (χ1n) is 7.92. The molecule has 2 rings (SSSR count). The van der Waals surface area contributed by atoms with E-state index in [2.05, 4.69) is 0 Å². The molecule has 0 spiro atoms. The minimum Gasteiger partial charge on any atom is -0.489 e. The number of likely N-dealkylation sites (N-methyl/N-ethyl adjacent to an activating group) is 1. The summed E-state index contributed by atoms with van der Waals surface area (Å²) in [5.41, 5.74) is 7.45. The molecule has 5 heteroatoms. The van der Waals surface area contributed by atoms with E-state index in [9.17, 15) is 4.79 Å². The van der Waals surface area contributed by atoms with Crippen molar-refractivity contribution < 1.29 is 9.53 Å². The maximum atomic E-state index is 12.3. The van der Waals surface area contributed by atoms with E-state index in [1.54, 1.807) is 11.9 Å². The van der Waals surface area contributed by atoms with Gasteiger partial charge in [0.15, 0.2) is 0 Å². The molecule has 0 radical (unpaired) electrons. The number of carbonyl (C=O) groups is 1. The zero-order chi connectivity index (χ0) is 17.5. The summed E-state index contributed by atoms with van der Waals surface area (Å²) in [7, 11) is 1.78. The van der Waals surface area contributed by atoms with Crippen LogP contribution in [-0.2, 0) is 17.8 Å². The zero-order valence-corrected chi connectivity index (χ0v) is 14.8. The normalized spacial score (nSPS) is 11.8. The first kappa shape index (κ1) is 18.3. The van der Waals surface area contributed by atoms with Crippen molar-refractivity contribution in [1.29, 1.82) is 0 Å². The Morgan fingerprint density at radius 3 is 2.71 bits per heavy atom. The molecule has 0 aromatic heterocycles. The molecule has 0 saturated carbocycles. The SMILES string of the molecule is CC(CN)N(C)C(=O)Cc1cccc(OCc2ccccc2Cl)c1. The van der Waals surface area contributed by atoms with Gasteiger partial charge in [-0.05, 0) is 30.7 Å². The number of ether oxygens (including phenoxy) is 1. The first-order valence-corrected chi connectivity index (χ1v) is 8.30. The molecule has 0 bridgehead atoms. The Hall–Kier alpha value is -2.04. The predicted molar refractivity (Wildman–Crippen MR) is 97.2 cm³/mol. The second kappa shape index (κ2) is 8.71. The van der Waals surface area contributed by atoms with Crippen molar-refractivity contribution in [3.63, 3.8) is 0 Å². The highest BCUT2D eigenvalue weighted by Crippen LogP contribution is 2.20. The van der Waals surface area contributed by atoms with Crippen LogP contribution in [0.4, 0.5) is 0 Å². The summed E-state index contributed by atoms with van der Waals surface area (Å²) in [6.07, 6.45) is 0.324. The molecule has 2 N–H and O–H groups in total. The number of benzene rings is 2. The van der Waals surface area contributed by atoms with Gasteiger partial charge in [0.2, 0.25) is 5.91 Å². The second-order valence-corrected chi connectivity index (χ2v) is 6.20. The van der Waals surface area contributed by atoms with Gasteiger partial charge in [-0.2, -0.15) is 0 Å². The van der Waals surface area contributed by atoms with E-state index in [1.165, 1.54) is 0 Å². The standard InChI is InChI=1S/C19H23ClN2O2/c1-14(12-21)22(2)19(23)11-15-6-5-8-17(10-15)24-13-16-7-3-4-9-18(16)20/h3-10,14H,11-13,21H2,1-2H3. The average Bonchev–Trinajstić information content (AvgIpc) is 2.60. The van der Waals surface area contributed by atoms with E-state index in [0.29, 0.717) is 24.6 Å². The first-order chi connectivity index (χ1) is 11.5. The highest BCUT2D eigenvalue weighted by molar-refractivity contribution is 6.31. The Balaban J connectivity index is 1.99. The fraction of sp³-hybridized carbons (Fsp3) is 0.316. The highest BCUT2D eigenvalue weighted by atomic mass is 35.5. The van der Waals surface area contributed by atoms with Crippen molar-refractivity contribution in [2.75, 3.05) is 13.6 Å². The lowest BCUT2D eigenvalue weighted by molar-refractivity contribution is -0.130. The Kier molecular flexibility index (Phi) is 6.64. The van der Waals surface area contributed by atoms with Crippen LogP contribution in [-0.4, -0.2) is 30.4 Å². The zero-order valence-electron chi connectivity index (χ0n) is 14.0. The van der Waals surface area contributed by atoms with E-state index in [0.717, 1.165) is 16.9 Å². The molecule has 1 unspecified atom stereocenters. The van der Waals surface area contributed by atoms with E-state index in [4.69, 9.17) is 22.1 Å². The smallest absolute Gasteiger partial charge is 0.227 e. The molecule has 0 saturated heterocycles. The maximum absolute atomic E-state index is 12.3. The van der Waals surface area contributed by atoms with Crippen LogP contribution in [0.2, 0.25) is 5.02 Å². The molecule has 1 amide bonds. The Labute approximate surface area is 148 Å². The summed E-state index contributed by atoms with van der Waals surface area (Å²) < 4.78 is 5.79. The largest absolute Gasteiger partial charge is 0.489 e. The van der Waals surface area contributed by atoms with Crippen LogP contribution < -0.4 is 10.5 Å². The van der Waals surface area contributed by atoms with Crippen LogP contribution in [0.5, 0.6) is 5.75 Å². The minimum atomic E-state index is 0.0251. The van der Waals surface area contributed by atoms with Crippen molar-refractivity contribution in [3.8, 4) is 5.75 Å². The van der Waals surface area contributed by atoms with E-state index in [1.807, 2.05) is 55.5 Å². The molecule has 128 valence electrons. The van der Waals surface area contributed by atoms with Crippen LogP contribution in [0.1, 0.15) is 18.1 Å². The van der Waals surface area contributed by atoms with Crippen LogP contribution in [0.15, 0.2) is 48.5 Å². The van der Waals surface area contributed by atoms with E-state index >= 15 is 0 Å². The Morgan fingerprint density at radius 2 is 2.00 bits per heavy atom. The van der Waals surface area contributed by atoms with Crippen molar-refractivity contribution >= 4 is 17.5 Å². The number of carbonyl (C=O) groups excluding carboxylic acids is 1. The van der Waals surface area contributed by atoms with Crippen LogP contribution in [0.25, 0.3) is 0 Å². The van der Waals surface area contributed by atoms with E-state index in [-0.39, 0.29) is 11.9 Å². The average molecular weight is 347 g/mol. The van der Waals surface area contributed by atoms with Gasteiger partial charge in [0.05, 0.1) is 6.42 Å². The van der Waals surface area contributed by atoms with Gasteiger partial charge in [-0.1, -0.05) is 41.9 Å². The molecule has 0 aliphatic carbocycles. The Bertz CT molecular complexity index is 691. The number of nitrogens with two attached hydrogens (primary N) is 1. The highest BCUT2D eigenvalue weighted by Gasteiger charge is 2.15. The summed E-state index contributed by atoms with van der Waals surface area (Å²) in [5, 5.41) is 0.682. The summed E-state index contributed by atoms with van der Waals surface area (Å²) in [4.78, 5) is 13.9. The van der Waals surface area contributed by atoms with Gasteiger partial charge in [0.1, 0.15) is 12.4 Å². The van der Waals surface area contributed by atoms with Gasteiger partial charge < -0.3 is 15.4 Å². The molecular formula is C19H23ClN2O2. The van der Waals surface area contributed by atoms with Gasteiger partial charge in [-0.3, -0.25) is 4.79 Å². The number of halogens is 1.